The van der Waals surface area contributed by atoms with E-state index in [1.807, 2.05) is 42.5 Å². The summed E-state index contributed by atoms with van der Waals surface area (Å²) in [5.74, 6) is -0.00808. The normalized spacial score (nSPS) is 18.3. The Kier molecular flexibility index (Phi) is 5.46. The van der Waals surface area contributed by atoms with E-state index in [2.05, 4.69) is 27.7 Å². The third kappa shape index (κ3) is 4.45. The monoisotopic (exact) mass is 337 g/mol. The van der Waals surface area contributed by atoms with Crippen LogP contribution in [0.5, 0.6) is 0 Å². The predicted molar refractivity (Wildman–Crippen MR) is 98.0 cm³/mol. The van der Waals surface area contributed by atoms with Crippen molar-refractivity contribution in [2.24, 2.45) is 0 Å². The molecular weight excluding hydrogens is 314 g/mol. The van der Waals surface area contributed by atoms with Gasteiger partial charge >= 0.3 is 0 Å². The maximum absolute atomic E-state index is 12.1. The Morgan fingerprint density at radius 2 is 1.88 bits per heavy atom. The highest BCUT2D eigenvalue weighted by molar-refractivity contribution is 5.89. The van der Waals surface area contributed by atoms with Gasteiger partial charge in [-0.25, -0.2) is 0 Å². The summed E-state index contributed by atoms with van der Waals surface area (Å²) in [6.45, 7) is 3.58. The molecule has 0 radical (unpaired) electrons. The van der Waals surface area contributed by atoms with Gasteiger partial charge in [0.05, 0.1) is 0 Å². The molecule has 0 unspecified atom stereocenters. The first-order chi connectivity index (χ1) is 12.1. The zero-order valence-corrected chi connectivity index (χ0v) is 14.4. The van der Waals surface area contributed by atoms with Crippen molar-refractivity contribution in [3.63, 3.8) is 0 Å². The summed E-state index contributed by atoms with van der Waals surface area (Å²) in [5, 5.41) is 5.85. The van der Waals surface area contributed by atoms with Crippen molar-refractivity contribution in [3.8, 4) is 0 Å². The van der Waals surface area contributed by atoms with Crippen LogP contribution in [0, 0.1) is 0 Å². The largest absolute Gasteiger partial charge is 0.355 e. The lowest BCUT2D eigenvalue weighted by molar-refractivity contribution is -0.121. The average molecular weight is 337 g/mol. The van der Waals surface area contributed by atoms with Crippen molar-refractivity contribution in [2.45, 2.75) is 25.9 Å². The van der Waals surface area contributed by atoms with Crippen molar-refractivity contribution in [1.29, 1.82) is 0 Å². The predicted octanol–water partition coefficient (Wildman–Crippen LogP) is 2.71. The van der Waals surface area contributed by atoms with Gasteiger partial charge in [-0.05, 0) is 17.2 Å². The molecule has 1 atom stereocenters. The van der Waals surface area contributed by atoms with Crippen LogP contribution in [0.15, 0.2) is 54.6 Å². The Balaban J connectivity index is 1.88. The fourth-order valence-electron chi connectivity index (χ4n) is 3.25. The molecule has 25 heavy (non-hydrogen) atoms. The molecule has 5 nitrogen and oxygen atoms in total. The van der Waals surface area contributed by atoms with Gasteiger partial charge in [-0.3, -0.25) is 14.5 Å². The summed E-state index contributed by atoms with van der Waals surface area (Å²) >= 11 is 0. The number of nitrogens with one attached hydrogen (secondary N) is 2. The van der Waals surface area contributed by atoms with Gasteiger partial charge in [-0.2, -0.15) is 0 Å². The maximum atomic E-state index is 12.1. The minimum absolute atomic E-state index is 0.0223. The van der Waals surface area contributed by atoms with Crippen molar-refractivity contribution < 1.29 is 9.59 Å². The second kappa shape index (κ2) is 7.94. The number of nitrogens with zero attached hydrogens (tertiary/aromatic N) is 1. The van der Waals surface area contributed by atoms with Crippen LogP contribution >= 0.6 is 0 Å². The standard InChI is InChI=1S/C20H23N3O2/c1-15(24)22-18-10-6-5-9-17(18)14-23-12-11-21-20(25)13-19(23)16-7-3-2-4-8-16/h2-10,19H,11-14H2,1H3,(H,21,25)(H,22,24)/t19-/m0/s1. The molecule has 0 bridgehead atoms. The van der Waals surface area contributed by atoms with E-state index in [1.54, 1.807) is 0 Å². The minimum Gasteiger partial charge on any atom is -0.355 e. The SMILES string of the molecule is CC(=O)Nc1ccccc1CN1CCNC(=O)C[C@H]1c1ccccc1. The molecule has 2 aromatic carbocycles. The Bertz CT molecular complexity index is 746. The van der Waals surface area contributed by atoms with E-state index < -0.39 is 0 Å². The molecule has 1 saturated heterocycles. The van der Waals surface area contributed by atoms with Crippen LogP contribution in [0.25, 0.3) is 0 Å². The minimum atomic E-state index is -0.0835. The Hall–Kier alpha value is -2.66. The topological polar surface area (TPSA) is 61.4 Å². The van der Waals surface area contributed by atoms with Crippen molar-refractivity contribution in [1.82, 2.24) is 10.2 Å². The molecule has 1 aliphatic heterocycles. The second-order valence-electron chi connectivity index (χ2n) is 6.29. The lowest BCUT2D eigenvalue weighted by Gasteiger charge is -2.30. The fourth-order valence-corrected chi connectivity index (χ4v) is 3.25. The van der Waals surface area contributed by atoms with E-state index in [4.69, 9.17) is 0 Å². The molecule has 0 aliphatic carbocycles. The lowest BCUT2D eigenvalue weighted by atomic mass is 10.0. The smallest absolute Gasteiger partial charge is 0.221 e. The van der Waals surface area contributed by atoms with Gasteiger partial charge in [-0.1, -0.05) is 48.5 Å². The lowest BCUT2D eigenvalue weighted by Crippen LogP contribution is -2.31. The molecule has 0 saturated carbocycles. The summed E-state index contributed by atoms with van der Waals surface area (Å²) < 4.78 is 0. The van der Waals surface area contributed by atoms with Crippen molar-refractivity contribution in [3.05, 3.63) is 65.7 Å². The first-order valence-electron chi connectivity index (χ1n) is 8.54. The summed E-state index contributed by atoms with van der Waals surface area (Å²) in [6.07, 6.45) is 0.437. The second-order valence-corrected chi connectivity index (χ2v) is 6.29. The average Bonchev–Trinajstić information content (AvgIpc) is 2.78. The number of hydrogen-bond acceptors (Lipinski definition) is 3. The molecule has 0 aromatic heterocycles. The molecule has 1 aliphatic rings. The van der Waals surface area contributed by atoms with Crippen LogP contribution in [0.1, 0.15) is 30.5 Å². The number of anilines is 1. The Labute approximate surface area is 148 Å². The van der Waals surface area contributed by atoms with E-state index in [0.717, 1.165) is 23.4 Å². The maximum Gasteiger partial charge on any atom is 0.221 e. The Morgan fingerprint density at radius 1 is 1.16 bits per heavy atom. The molecule has 1 heterocycles. The fraction of sp³-hybridized carbons (Fsp3) is 0.300. The first-order valence-corrected chi connectivity index (χ1v) is 8.54. The van der Waals surface area contributed by atoms with Gasteiger partial charge in [0.2, 0.25) is 11.8 Å². The quantitative estimate of drug-likeness (QED) is 0.902. The number of para-hydroxylation sites is 1. The molecule has 2 amide bonds. The van der Waals surface area contributed by atoms with Crippen LogP contribution < -0.4 is 10.6 Å². The third-order valence-electron chi connectivity index (χ3n) is 4.43. The number of carbonyl (C=O) groups is 2. The van der Waals surface area contributed by atoms with E-state index in [9.17, 15) is 9.59 Å². The number of carbonyl (C=O) groups excluding carboxylic acids is 2. The van der Waals surface area contributed by atoms with Gasteiger partial charge in [0.1, 0.15) is 0 Å². The molecular formula is C20H23N3O2. The summed E-state index contributed by atoms with van der Waals surface area (Å²) in [5.41, 5.74) is 3.01. The van der Waals surface area contributed by atoms with E-state index in [1.165, 1.54) is 6.92 Å². The van der Waals surface area contributed by atoms with Crippen molar-refractivity contribution in [2.75, 3.05) is 18.4 Å². The molecule has 2 aromatic rings. The zero-order chi connectivity index (χ0) is 17.6. The van der Waals surface area contributed by atoms with E-state index >= 15 is 0 Å². The summed E-state index contributed by atoms with van der Waals surface area (Å²) in [6, 6.07) is 18.0. The van der Waals surface area contributed by atoms with Gasteiger partial charge in [0, 0.05) is 44.7 Å². The van der Waals surface area contributed by atoms with Gasteiger partial charge < -0.3 is 10.6 Å². The molecule has 3 rings (SSSR count). The summed E-state index contributed by atoms with van der Waals surface area (Å²) in [4.78, 5) is 25.8. The highest BCUT2D eigenvalue weighted by Gasteiger charge is 2.26. The first kappa shape index (κ1) is 17.2. The molecule has 5 heteroatoms. The summed E-state index contributed by atoms with van der Waals surface area (Å²) in [7, 11) is 0. The number of hydrogen-bond donors (Lipinski definition) is 2. The molecule has 2 N–H and O–H groups in total. The van der Waals surface area contributed by atoms with Gasteiger partial charge in [0.25, 0.3) is 0 Å². The van der Waals surface area contributed by atoms with Gasteiger partial charge in [-0.15, -0.1) is 0 Å². The molecule has 130 valence electrons. The zero-order valence-electron chi connectivity index (χ0n) is 14.4. The number of rotatable bonds is 4. The van der Waals surface area contributed by atoms with Crippen LogP contribution in [-0.4, -0.2) is 29.8 Å². The number of amides is 2. The van der Waals surface area contributed by atoms with Gasteiger partial charge in [0.15, 0.2) is 0 Å². The van der Waals surface area contributed by atoms with E-state index in [0.29, 0.717) is 19.5 Å². The number of benzene rings is 2. The molecule has 1 fully saturated rings. The highest BCUT2D eigenvalue weighted by Crippen LogP contribution is 2.29. The van der Waals surface area contributed by atoms with Crippen molar-refractivity contribution >= 4 is 17.5 Å². The van der Waals surface area contributed by atoms with Crippen LogP contribution in [-0.2, 0) is 16.1 Å². The Morgan fingerprint density at radius 3 is 2.64 bits per heavy atom. The van der Waals surface area contributed by atoms with Crippen LogP contribution in [0.2, 0.25) is 0 Å². The van der Waals surface area contributed by atoms with Crippen LogP contribution in [0.3, 0.4) is 0 Å². The highest BCUT2D eigenvalue weighted by atomic mass is 16.2. The molecule has 0 spiro atoms. The van der Waals surface area contributed by atoms with E-state index in [-0.39, 0.29) is 17.9 Å². The van der Waals surface area contributed by atoms with Crippen LogP contribution in [0.4, 0.5) is 5.69 Å². The third-order valence-corrected chi connectivity index (χ3v) is 4.43.